The maximum absolute atomic E-state index is 10.4. The van der Waals surface area contributed by atoms with Gasteiger partial charge in [0, 0.05) is 18.3 Å². The predicted octanol–water partition coefficient (Wildman–Crippen LogP) is 1.47. The van der Waals surface area contributed by atoms with Gasteiger partial charge in [-0.05, 0) is 24.1 Å². The van der Waals surface area contributed by atoms with Crippen molar-refractivity contribution in [1.82, 2.24) is 9.97 Å². The third kappa shape index (κ3) is 2.24. The largest absolute Gasteiger partial charge is 0.507 e. The van der Waals surface area contributed by atoms with Gasteiger partial charge in [0.25, 0.3) is 0 Å². The molecule has 5 nitrogen and oxygen atoms in total. The van der Waals surface area contributed by atoms with Crippen molar-refractivity contribution in [3.8, 4) is 11.5 Å². The van der Waals surface area contributed by atoms with Crippen LogP contribution in [0.15, 0.2) is 36.9 Å². The quantitative estimate of drug-likeness (QED) is 0.853. The Kier molecular flexibility index (Phi) is 3.05. The van der Waals surface area contributed by atoms with E-state index in [-0.39, 0.29) is 11.7 Å². The Balaban J connectivity index is 1.85. The van der Waals surface area contributed by atoms with Crippen molar-refractivity contribution in [2.45, 2.75) is 12.5 Å². The Morgan fingerprint density at radius 2 is 2.05 bits per heavy atom. The molecule has 19 heavy (non-hydrogen) atoms. The van der Waals surface area contributed by atoms with E-state index in [4.69, 9.17) is 4.74 Å². The number of hydrogen-bond donors (Lipinski definition) is 2. The zero-order valence-electron chi connectivity index (χ0n) is 10.2. The molecule has 1 aromatic heterocycles. The minimum absolute atomic E-state index is 0.0685. The average Bonchev–Trinajstić information content (AvgIpc) is 2.43. The fourth-order valence-corrected chi connectivity index (χ4v) is 2.39. The number of rotatable bonds is 2. The SMILES string of the molecule is Oc1cccc2c1[C@@H](O)[C@@H](Cc1cncnc1)CO2. The molecule has 0 saturated carbocycles. The lowest BCUT2D eigenvalue weighted by molar-refractivity contribution is 0.0484. The lowest BCUT2D eigenvalue weighted by Gasteiger charge is -2.30. The monoisotopic (exact) mass is 258 g/mol. The molecule has 5 heteroatoms. The molecule has 1 aliphatic rings. The van der Waals surface area contributed by atoms with Crippen molar-refractivity contribution >= 4 is 0 Å². The maximum Gasteiger partial charge on any atom is 0.128 e. The summed E-state index contributed by atoms with van der Waals surface area (Å²) < 4.78 is 5.60. The highest BCUT2D eigenvalue weighted by molar-refractivity contribution is 5.46. The fourth-order valence-electron chi connectivity index (χ4n) is 2.39. The topological polar surface area (TPSA) is 75.5 Å². The van der Waals surface area contributed by atoms with E-state index in [1.165, 1.54) is 6.33 Å². The molecule has 2 N–H and O–H groups in total. The molecular weight excluding hydrogens is 244 g/mol. The Morgan fingerprint density at radius 3 is 2.84 bits per heavy atom. The van der Waals surface area contributed by atoms with E-state index in [1.54, 1.807) is 30.6 Å². The van der Waals surface area contributed by atoms with Crippen LogP contribution in [0.1, 0.15) is 17.2 Å². The van der Waals surface area contributed by atoms with Gasteiger partial charge in [0.15, 0.2) is 0 Å². The van der Waals surface area contributed by atoms with E-state index >= 15 is 0 Å². The van der Waals surface area contributed by atoms with Gasteiger partial charge in [-0.3, -0.25) is 0 Å². The number of fused-ring (bicyclic) bond motifs is 1. The van der Waals surface area contributed by atoms with Gasteiger partial charge >= 0.3 is 0 Å². The number of hydrogen-bond acceptors (Lipinski definition) is 5. The third-order valence-corrected chi connectivity index (χ3v) is 3.35. The fraction of sp³-hybridized carbons (Fsp3) is 0.286. The summed E-state index contributed by atoms with van der Waals surface area (Å²) in [6.45, 7) is 0.409. The van der Waals surface area contributed by atoms with Crippen LogP contribution in [0.2, 0.25) is 0 Å². The molecule has 0 fully saturated rings. The van der Waals surface area contributed by atoms with Gasteiger partial charge in [-0.1, -0.05) is 6.07 Å². The summed E-state index contributed by atoms with van der Waals surface area (Å²) in [5.74, 6) is 0.499. The van der Waals surface area contributed by atoms with Crippen molar-refractivity contribution in [3.63, 3.8) is 0 Å². The van der Waals surface area contributed by atoms with Gasteiger partial charge in [-0.15, -0.1) is 0 Å². The lowest BCUT2D eigenvalue weighted by Crippen LogP contribution is -2.27. The number of ether oxygens (including phenoxy) is 1. The van der Waals surface area contributed by atoms with Crippen molar-refractivity contribution in [1.29, 1.82) is 0 Å². The first kappa shape index (κ1) is 11.9. The first-order chi connectivity index (χ1) is 9.25. The molecule has 2 atom stereocenters. The van der Waals surface area contributed by atoms with Gasteiger partial charge in [0.05, 0.1) is 18.3 Å². The minimum Gasteiger partial charge on any atom is -0.507 e. The Hall–Kier alpha value is -2.14. The zero-order valence-corrected chi connectivity index (χ0v) is 10.2. The number of aromatic hydroxyl groups is 1. The van der Waals surface area contributed by atoms with Crippen LogP contribution in [-0.4, -0.2) is 26.8 Å². The Bertz CT molecular complexity index is 574. The smallest absolute Gasteiger partial charge is 0.128 e. The first-order valence-electron chi connectivity index (χ1n) is 6.12. The Morgan fingerprint density at radius 1 is 1.26 bits per heavy atom. The van der Waals surface area contributed by atoms with E-state index in [0.717, 1.165) is 5.56 Å². The highest BCUT2D eigenvalue weighted by atomic mass is 16.5. The summed E-state index contributed by atoms with van der Waals surface area (Å²) >= 11 is 0. The summed E-state index contributed by atoms with van der Waals surface area (Å²) in [6.07, 6.45) is 4.78. The van der Waals surface area contributed by atoms with Gasteiger partial charge in [0.2, 0.25) is 0 Å². The average molecular weight is 258 g/mol. The van der Waals surface area contributed by atoms with E-state index in [0.29, 0.717) is 24.3 Å². The van der Waals surface area contributed by atoms with E-state index in [2.05, 4.69) is 9.97 Å². The number of aliphatic hydroxyl groups is 1. The molecule has 0 amide bonds. The minimum atomic E-state index is -0.745. The second kappa shape index (κ2) is 4.85. The molecule has 0 saturated heterocycles. The van der Waals surface area contributed by atoms with Gasteiger partial charge in [0.1, 0.15) is 17.8 Å². The number of aromatic nitrogens is 2. The van der Waals surface area contributed by atoms with Crippen LogP contribution in [0, 0.1) is 5.92 Å². The van der Waals surface area contributed by atoms with E-state index in [9.17, 15) is 10.2 Å². The van der Waals surface area contributed by atoms with Gasteiger partial charge in [-0.2, -0.15) is 0 Å². The molecule has 0 aliphatic carbocycles. The number of benzene rings is 1. The van der Waals surface area contributed by atoms with Gasteiger partial charge in [-0.25, -0.2) is 9.97 Å². The molecule has 98 valence electrons. The van der Waals surface area contributed by atoms with Crippen LogP contribution in [-0.2, 0) is 6.42 Å². The number of aliphatic hydroxyl groups excluding tert-OH is 1. The van der Waals surface area contributed by atoms with Crippen LogP contribution in [0.4, 0.5) is 0 Å². The molecule has 2 heterocycles. The molecule has 0 unspecified atom stereocenters. The molecule has 0 spiro atoms. The molecule has 0 radical (unpaired) electrons. The van der Waals surface area contributed by atoms with Gasteiger partial charge < -0.3 is 14.9 Å². The van der Waals surface area contributed by atoms with E-state index < -0.39 is 6.10 Å². The number of phenols is 1. The van der Waals surface area contributed by atoms with Crippen LogP contribution >= 0.6 is 0 Å². The molecule has 1 aromatic carbocycles. The predicted molar refractivity (Wildman–Crippen MR) is 67.8 cm³/mol. The van der Waals surface area contributed by atoms with Crippen LogP contribution in [0.25, 0.3) is 0 Å². The molecule has 0 bridgehead atoms. The second-order valence-corrected chi connectivity index (χ2v) is 4.66. The van der Waals surface area contributed by atoms with Crippen molar-refractivity contribution < 1.29 is 14.9 Å². The van der Waals surface area contributed by atoms with E-state index in [1.807, 2.05) is 0 Å². The normalized spacial score (nSPS) is 21.5. The maximum atomic E-state index is 10.4. The van der Waals surface area contributed by atoms with Crippen LogP contribution in [0.3, 0.4) is 0 Å². The standard InChI is InChI=1S/C14H14N2O3/c17-11-2-1-3-12-13(11)14(18)10(7-19-12)4-9-5-15-8-16-6-9/h1-3,5-6,8,10,14,17-18H,4,7H2/t10-,14-/m0/s1. The van der Waals surface area contributed by atoms with Crippen molar-refractivity contribution in [2.24, 2.45) is 5.92 Å². The third-order valence-electron chi connectivity index (χ3n) is 3.35. The molecule has 1 aliphatic heterocycles. The van der Waals surface area contributed by atoms with Crippen molar-refractivity contribution in [3.05, 3.63) is 48.0 Å². The molecule has 3 rings (SSSR count). The van der Waals surface area contributed by atoms with Crippen molar-refractivity contribution in [2.75, 3.05) is 6.61 Å². The second-order valence-electron chi connectivity index (χ2n) is 4.66. The Labute approximate surface area is 110 Å². The number of phenolic OH excluding ortho intramolecular Hbond substituents is 1. The summed E-state index contributed by atoms with van der Waals surface area (Å²) in [5.41, 5.74) is 1.41. The summed E-state index contributed by atoms with van der Waals surface area (Å²) in [5, 5.41) is 20.2. The summed E-state index contributed by atoms with van der Waals surface area (Å²) in [6, 6.07) is 5.01. The zero-order chi connectivity index (χ0) is 13.2. The highest BCUT2D eigenvalue weighted by Crippen LogP contribution is 2.41. The molecular formula is C14H14N2O3. The first-order valence-corrected chi connectivity index (χ1v) is 6.12. The summed E-state index contributed by atoms with van der Waals surface area (Å²) in [4.78, 5) is 7.91. The van der Waals surface area contributed by atoms with Crippen LogP contribution < -0.4 is 4.74 Å². The highest BCUT2D eigenvalue weighted by Gasteiger charge is 2.31. The summed E-state index contributed by atoms with van der Waals surface area (Å²) in [7, 11) is 0. The van der Waals surface area contributed by atoms with Crippen LogP contribution in [0.5, 0.6) is 11.5 Å². The lowest BCUT2D eigenvalue weighted by atomic mass is 9.88. The number of nitrogens with zero attached hydrogens (tertiary/aromatic N) is 2. The molecule has 2 aromatic rings.